The van der Waals surface area contributed by atoms with Crippen molar-refractivity contribution in [2.24, 2.45) is 5.92 Å². The molecule has 0 unspecified atom stereocenters. The van der Waals surface area contributed by atoms with Crippen LogP contribution in [0.15, 0.2) is 34.9 Å². The van der Waals surface area contributed by atoms with Crippen LogP contribution in [0.1, 0.15) is 43.1 Å². The Hall–Kier alpha value is -2.21. The minimum atomic E-state index is -0.232. The summed E-state index contributed by atoms with van der Waals surface area (Å²) in [7, 11) is 0. The molecule has 3 rings (SSSR count). The summed E-state index contributed by atoms with van der Waals surface area (Å²) < 4.78 is 10.9. The van der Waals surface area contributed by atoms with Crippen LogP contribution in [-0.2, 0) is 22.4 Å². The maximum absolute atomic E-state index is 11.6. The zero-order chi connectivity index (χ0) is 16.8. The molecule has 1 atom stereocenters. The molecule has 1 amide bonds. The lowest BCUT2D eigenvalue weighted by Gasteiger charge is -2.28. The molecule has 1 saturated heterocycles. The van der Waals surface area contributed by atoms with Gasteiger partial charge in [-0.1, -0.05) is 35.5 Å². The Labute approximate surface area is 141 Å². The number of hydrogen-bond acceptors (Lipinski definition) is 5. The summed E-state index contributed by atoms with van der Waals surface area (Å²) in [6, 6.07) is 9.99. The molecule has 6 heteroatoms. The topological polar surface area (TPSA) is 77.3 Å². The van der Waals surface area contributed by atoms with Crippen LogP contribution in [0.25, 0.3) is 0 Å². The highest BCUT2D eigenvalue weighted by molar-refractivity contribution is 5.73. The highest BCUT2D eigenvalue weighted by atomic mass is 16.5. The van der Waals surface area contributed by atoms with E-state index in [0.29, 0.717) is 31.3 Å². The van der Waals surface area contributed by atoms with E-state index >= 15 is 0 Å². The molecular weight excluding hydrogens is 306 g/mol. The van der Waals surface area contributed by atoms with Crippen molar-refractivity contribution < 1.29 is 14.1 Å². The third-order valence-electron chi connectivity index (χ3n) is 4.33. The molecule has 0 bridgehead atoms. The average molecular weight is 329 g/mol. The van der Waals surface area contributed by atoms with Crippen molar-refractivity contribution in [1.82, 2.24) is 15.5 Å². The van der Waals surface area contributed by atoms with Gasteiger partial charge >= 0.3 is 0 Å². The van der Waals surface area contributed by atoms with Crippen LogP contribution in [0.4, 0.5) is 0 Å². The number of carbonyl (C=O) groups excluding carboxylic acids is 1. The minimum Gasteiger partial charge on any atom is -0.381 e. The van der Waals surface area contributed by atoms with Gasteiger partial charge in [0.1, 0.15) is 6.04 Å². The van der Waals surface area contributed by atoms with Crippen molar-refractivity contribution in [3.63, 3.8) is 0 Å². The normalized spacial score (nSPS) is 16.7. The van der Waals surface area contributed by atoms with E-state index < -0.39 is 0 Å². The number of aromatic nitrogens is 2. The Morgan fingerprint density at radius 3 is 2.71 bits per heavy atom. The fraction of sp³-hybridized carbons (Fsp3) is 0.500. The van der Waals surface area contributed by atoms with E-state index in [1.807, 2.05) is 18.2 Å². The van der Waals surface area contributed by atoms with Crippen molar-refractivity contribution >= 4 is 5.91 Å². The fourth-order valence-electron chi connectivity index (χ4n) is 3.05. The number of benzene rings is 1. The van der Waals surface area contributed by atoms with Crippen LogP contribution in [0.5, 0.6) is 0 Å². The minimum absolute atomic E-state index is 0.0875. The molecule has 6 nitrogen and oxygen atoms in total. The lowest BCUT2D eigenvalue weighted by molar-refractivity contribution is -0.120. The molecular formula is C18H23N3O3. The monoisotopic (exact) mass is 329 g/mol. The van der Waals surface area contributed by atoms with E-state index in [0.717, 1.165) is 19.3 Å². The highest BCUT2D eigenvalue weighted by Gasteiger charge is 2.30. The largest absolute Gasteiger partial charge is 0.381 e. The van der Waals surface area contributed by atoms with Crippen LogP contribution in [0.3, 0.4) is 0 Å². The first kappa shape index (κ1) is 16.6. The first-order chi connectivity index (χ1) is 11.7. The van der Waals surface area contributed by atoms with Gasteiger partial charge in [0.25, 0.3) is 0 Å². The van der Waals surface area contributed by atoms with E-state index in [1.54, 1.807) is 0 Å². The van der Waals surface area contributed by atoms with Crippen LogP contribution in [0, 0.1) is 5.92 Å². The number of amides is 1. The standard InChI is InChI=1S/C18H23N3O3/c1-13(22)19-17(15-9-11-23-12-10-15)18-20-16(21-24-18)8-7-14-5-3-2-4-6-14/h2-6,15,17H,7-12H2,1H3,(H,19,22)/t17-/m0/s1. The predicted molar refractivity (Wildman–Crippen MR) is 88.2 cm³/mol. The summed E-state index contributed by atoms with van der Waals surface area (Å²) in [5, 5.41) is 7.05. The molecule has 24 heavy (non-hydrogen) atoms. The summed E-state index contributed by atoms with van der Waals surface area (Å²) in [5.74, 6) is 1.36. The second kappa shape index (κ2) is 8.06. The number of rotatable bonds is 6. The SMILES string of the molecule is CC(=O)N[C@H](c1nc(CCc2ccccc2)no1)C1CCOCC1. The molecule has 1 aliphatic rings. The van der Waals surface area contributed by atoms with E-state index in [4.69, 9.17) is 9.26 Å². The second-order valence-electron chi connectivity index (χ2n) is 6.16. The molecule has 0 spiro atoms. The van der Waals surface area contributed by atoms with E-state index in [2.05, 4.69) is 27.6 Å². The molecule has 1 aromatic heterocycles. The molecule has 0 radical (unpaired) electrons. The summed E-state index contributed by atoms with van der Waals surface area (Å²) in [6.07, 6.45) is 3.34. The Kier molecular flexibility index (Phi) is 5.59. The average Bonchev–Trinajstić information content (AvgIpc) is 3.08. The summed E-state index contributed by atoms with van der Waals surface area (Å²) in [5.41, 5.74) is 1.24. The van der Waals surface area contributed by atoms with E-state index in [1.165, 1.54) is 12.5 Å². The van der Waals surface area contributed by atoms with Crippen molar-refractivity contribution in [3.8, 4) is 0 Å². The number of nitrogens with one attached hydrogen (secondary N) is 1. The van der Waals surface area contributed by atoms with Gasteiger partial charge in [0, 0.05) is 26.6 Å². The van der Waals surface area contributed by atoms with E-state index in [-0.39, 0.29) is 17.9 Å². The third-order valence-corrected chi connectivity index (χ3v) is 4.33. The van der Waals surface area contributed by atoms with Gasteiger partial charge in [-0.2, -0.15) is 4.98 Å². The van der Waals surface area contributed by atoms with Gasteiger partial charge in [-0.25, -0.2) is 0 Å². The van der Waals surface area contributed by atoms with Gasteiger partial charge < -0.3 is 14.6 Å². The number of carbonyl (C=O) groups is 1. The number of ether oxygens (including phenoxy) is 1. The summed E-state index contributed by atoms with van der Waals surface area (Å²) >= 11 is 0. The van der Waals surface area contributed by atoms with Gasteiger partial charge in [-0.15, -0.1) is 0 Å². The molecule has 1 aromatic carbocycles. The molecule has 0 aliphatic carbocycles. The van der Waals surface area contributed by atoms with Crippen LogP contribution < -0.4 is 5.32 Å². The van der Waals surface area contributed by atoms with Crippen molar-refractivity contribution in [2.75, 3.05) is 13.2 Å². The first-order valence-corrected chi connectivity index (χ1v) is 8.43. The Morgan fingerprint density at radius 1 is 1.25 bits per heavy atom. The molecule has 1 aliphatic heterocycles. The Bertz CT molecular complexity index is 651. The lowest BCUT2D eigenvalue weighted by atomic mass is 9.91. The van der Waals surface area contributed by atoms with Gasteiger partial charge in [0.05, 0.1) is 0 Å². The third kappa shape index (κ3) is 4.41. The Balaban J connectivity index is 1.67. The van der Waals surface area contributed by atoms with Gasteiger partial charge in [-0.3, -0.25) is 4.79 Å². The number of nitrogens with zero attached hydrogens (tertiary/aromatic N) is 2. The molecule has 2 aromatic rings. The highest BCUT2D eigenvalue weighted by Crippen LogP contribution is 2.29. The van der Waals surface area contributed by atoms with Crippen LogP contribution in [0.2, 0.25) is 0 Å². The molecule has 1 N–H and O–H groups in total. The molecule has 0 saturated carbocycles. The molecule has 1 fully saturated rings. The summed E-state index contributed by atoms with van der Waals surface area (Å²) in [6.45, 7) is 2.92. The smallest absolute Gasteiger partial charge is 0.249 e. The Morgan fingerprint density at radius 2 is 2.00 bits per heavy atom. The maximum atomic E-state index is 11.6. The van der Waals surface area contributed by atoms with Crippen LogP contribution >= 0.6 is 0 Å². The quantitative estimate of drug-likeness (QED) is 0.881. The van der Waals surface area contributed by atoms with Gasteiger partial charge in [0.15, 0.2) is 5.82 Å². The van der Waals surface area contributed by atoms with Crippen LogP contribution in [-0.4, -0.2) is 29.3 Å². The first-order valence-electron chi connectivity index (χ1n) is 8.43. The second-order valence-corrected chi connectivity index (χ2v) is 6.16. The molecule has 128 valence electrons. The van der Waals surface area contributed by atoms with E-state index in [9.17, 15) is 4.79 Å². The lowest BCUT2D eigenvalue weighted by Crippen LogP contribution is -2.35. The van der Waals surface area contributed by atoms with Crippen molar-refractivity contribution in [2.45, 2.75) is 38.6 Å². The van der Waals surface area contributed by atoms with Gasteiger partial charge in [-0.05, 0) is 30.7 Å². The van der Waals surface area contributed by atoms with Crippen molar-refractivity contribution in [3.05, 3.63) is 47.6 Å². The zero-order valence-corrected chi connectivity index (χ0v) is 13.9. The van der Waals surface area contributed by atoms with Crippen molar-refractivity contribution in [1.29, 1.82) is 0 Å². The van der Waals surface area contributed by atoms with Gasteiger partial charge in [0.2, 0.25) is 11.8 Å². The molecule has 2 heterocycles. The summed E-state index contributed by atoms with van der Waals surface area (Å²) in [4.78, 5) is 16.1. The zero-order valence-electron chi connectivity index (χ0n) is 13.9. The number of hydrogen-bond donors (Lipinski definition) is 1. The number of aryl methyl sites for hydroxylation is 2. The predicted octanol–water partition coefficient (Wildman–Crippen LogP) is 2.46. The fourth-order valence-corrected chi connectivity index (χ4v) is 3.05. The maximum Gasteiger partial charge on any atom is 0.249 e.